The minimum Gasteiger partial charge on any atom is -0.340 e. The number of nitrogens with one attached hydrogen (secondary N) is 1. The zero-order valence-corrected chi connectivity index (χ0v) is 14.0. The van der Waals surface area contributed by atoms with E-state index in [-0.39, 0.29) is 29.8 Å². The van der Waals surface area contributed by atoms with Crippen LogP contribution in [0.4, 0.5) is 0 Å². The van der Waals surface area contributed by atoms with Gasteiger partial charge in [-0.2, -0.15) is 0 Å². The van der Waals surface area contributed by atoms with Crippen LogP contribution in [0, 0.1) is 11.8 Å². The summed E-state index contributed by atoms with van der Waals surface area (Å²) in [5.74, 6) is 0.737. The van der Waals surface area contributed by atoms with E-state index in [2.05, 4.69) is 26.1 Å². The van der Waals surface area contributed by atoms with Crippen molar-refractivity contribution >= 4 is 11.8 Å². The highest BCUT2D eigenvalue weighted by Crippen LogP contribution is 2.27. The van der Waals surface area contributed by atoms with Crippen LogP contribution in [0.25, 0.3) is 0 Å². The quantitative estimate of drug-likeness (QED) is 0.842. The first-order valence-corrected chi connectivity index (χ1v) is 7.72. The van der Waals surface area contributed by atoms with E-state index < -0.39 is 5.54 Å². The summed E-state index contributed by atoms with van der Waals surface area (Å²) < 4.78 is 0. The predicted octanol–water partition coefficient (Wildman–Crippen LogP) is 2.57. The van der Waals surface area contributed by atoms with E-state index >= 15 is 0 Å². The summed E-state index contributed by atoms with van der Waals surface area (Å²) in [6.07, 6.45) is 2.01. The Kier molecular flexibility index (Phi) is 5.22. The molecule has 2 atom stereocenters. The first kappa shape index (κ1) is 17.0. The summed E-state index contributed by atoms with van der Waals surface area (Å²) in [6, 6.07) is -0.250. The van der Waals surface area contributed by atoms with Gasteiger partial charge in [-0.3, -0.25) is 9.59 Å². The van der Waals surface area contributed by atoms with Crippen molar-refractivity contribution in [2.45, 2.75) is 78.9 Å². The largest absolute Gasteiger partial charge is 0.340 e. The number of amides is 2. The third-order valence-electron chi connectivity index (χ3n) is 4.04. The second kappa shape index (κ2) is 6.15. The molecule has 1 aliphatic heterocycles. The minimum atomic E-state index is -0.797. The van der Waals surface area contributed by atoms with Crippen molar-refractivity contribution in [2.24, 2.45) is 11.8 Å². The molecule has 1 rings (SSSR count). The van der Waals surface area contributed by atoms with E-state index in [9.17, 15) is 9.59 Å². The highest BCUT2D eigenvalue weighted by atomic mass is 16.2. The summed E-state index contributed by atoms with van der Waals surface area (Å²) in [6.45, 7) is 14.0. The molecule has 0 radical (unpaired) electrons. The fraction of sp³-hybridized carbons (Fsp3) is 0.875. The highest BCUT2D eigenvalue weighted by molar-refractivity contribution is 5.99. The van der Waals surface area contributed by atoms with Crippen molar-refractivity contribution in [3.8, 4) is 0 Å². The Hall–Kier alpha value is -1.06. The van der Waals surface area contributed by atoms with Crippen LogP contribution in [0.15, 0.2) is 0 Å². The number of hydrogen-bond acceptors (Lipinski definition) is 2. The molecule has 1 N–H and O–H groups in total. The molecule has 1 saturated heterocycles. The van der Waals surface area contributed by atoms with Gasteiger partial charge in [-0.25, -0.2) is 0 Å². The molecule has 0 bridgehead atoms. The van der Waals surface area contributed by atoms with E-state index in [0.29, 0.717) is 5.92 Å². The summed E-state index contributed by atoms with van der Waals surface area (Å²) in [7, 11) is 0. The van der Waals surface area contributed by atoms with Gasteiger partial charge in [-0.1, -0.05) is 27.7 Å². The van der Waals surface area contributed by atoms with E-state index in [4.69, 9.17) is 0 Å². The Labute approximate surface area is 123 Å². The molecular weight excluding hydrogens is 252 g/mol. The molecule has 1 fully saturated rings. The molecule has 1 heterocycles. The van der Waals surface area contributed by atoms with E-state index in [1.807, 2.05) is 18.7 Å². The van der Waals surface area contributed by atoms with Crippen molar-refractivity contribution in [3.63, 3.8) is 0 Å². The normalized spacial score (nSPS) is 24.2. The highest BCUT2D eigenvalue weighted by Gasteiger charge is 2.47. The lowest BCUT2D eigenvalue weighted by molar-refractivity contribution is -0.158. The smallest absolute Gasteiger partial charge is 0.248 e. The van der Waals surface area contributed by atoms with Gasteiger partial charge in [0.15, 0.2) is 0 Å². The van der Waals surface area contributed by atoms with Gasteiger partial charge in [0.25, 0.3) is 0 Å². The van der Waals surface area contributed by atoms with Crippen molar-refractivity contribution in [3.05, 3.63) is 0 Å². The first-order valence-electron chi connectivity index (χ1n) is 7.72. The molecule has 20 heavy (non-hydrogen) atoms. The van der Waals surface area contributed by atoms with Crippen molar-refractivity contribution in [2.75, 3.05) is 0 Å². The first-order chi connectivity index (χ1) is 9.08. The number of carbonyl (C=O) groups is 2. The topological polar surface area (TPSA) is 49.4 Å². The minimum absolute atomic E-state index is 0.0269. The fourth-order valence-electron chi connectivity index (χ4n) is 2.82. The monoisotopic (exact) mass is 282 g/mol. The number of rotatable bonds is 5. The van der Waals surface area contributed by atoms with Crippen LogP contribution >= 0.6 is 0 Å². The van der Waals surface area contributed by atoms with Gasteiger partial charge in [0, 0.05) is 6.04 Å². The Bertz CT molecular complexity index is 375. The summed E-state index contributed by atoms with van der Waals surface area (Å²) in [5, 5.41) is 2.86. The van der Waals surface area contributed by atoms with Crippen LogP contribution in [-0.2, 0) is 9.59 Å². The third-order valence-corrected chi connectivity index (χ3v) is 4.04. The van der Waals surface area contributed by atoms with E-state index in [1.54, 1.807) is 13.8 Å². The second-order valence-corrected chi connectivity index (χ2v) is 7.34. The Morgan fingerprint density at radius 3 is 2.10 bits per heavy atom. The van der Waals surface area contributed by atoms with Gasteiger partial charge in [0.05, 0.1) is 0 Å². The van der Waals surface area contributed by atoms with Crippen LogP contribution < -0.4 is 5.32 Å². The lowest BCUT2D eigenvalue weighted by atomic mass is 9.89. The Morgan fingerprint density at radius 2 is 1.65 bits per heavy atom. The average molecular weight is 282 g/mol. The lowest BCUT2D eigenvalue weighted by Gasteiger charge is -2.47. The zero-order valence-electron chi connectivity index (χ0n) is 14.0. The SMILES string of the molecule is CC(C)CCC(C)N1C(=O)C(C)(C)NC(=O)C1C(C)C. The number of hydrogen-bond donors (Lipinski definition) is 1. The van der Waals surface area contributed by atoms with E-state index in [0.717, 1.165) is 12.8 Å². The molecule has 0 aromatic rings. The maximum Gasteiger partial charge on any atom is 0.248 e. The number of nitrogens with zero attached hydrogens (tertiary/aromatic N) is 1. The van der Waals surface area contributed by atoms with E-state index in [1.165, 1.54) is 0 Å². The summed E-state index contributed by atoms with van der Waals surface area (Å²) in [5.41, 5.74) is -0.797. The number of piperazine rings is 1. The van der Waals surface area contributed by atoms with Crippen molar-refractivity contribution < 1.29 is 9.59 Å². The molecule has 4 heteroatoms. The number of carbonyl (C=O) groups excluding carboxylic acids is 2. The van der Waals surface area contributed by atoms with Gasteiger partial charge >= 0.3 is 0 Å². The fourth-order valence-corrected chi connectivity index (χ4v) is 2.82. The van der Waals surface area contributed by atoms with Gasteiger partial charge in [0.1, 0.15) is 11.6 Å². The second-order valence-electron chi connectivity index (χ2n) is 7.34. The van der Waals surface area contributed by atoms with Crippen LogP contribution in [0.1, 0.15) is 61.3 Å². The Balaban J connectivity index is 3.00. The van der Waals surface area contributed by atoms with Gasteiger partial charge in [0.2, 0.25) is 11.8 Å². The molecule has 0 aromatic heterocycles. The molecule has 4 nitrogen and oxygen atoms in total. The molecule has 2 amide bonds. The Morgan fingerprint density at radius 1 is 1.10 bits per heavy atom. The van der Waals surface area contributed by atoms with Crippen molar-refractivity contribution in [1.82, 2.24) is 10.2 Å². The zero-order chi connectivity index (χ0) is 15.7. The average Bonchev–Trinajstić information content (AvgIpc) is 2.29. The van der Waals surface area contributed by atoms with Crippen LogP contribution in [0.5, 0.6) is 0 Å². The molecule has 0 spiro atoms. The van der Waals surface area contributed by atoms with Gasteiger partial charge < -0.3 is 10.2 Å². The molecule has 2 unspecified atom stereocenters. The molecule has 0 aliphatic carbocycles. The summed E-state index contributed by atoms with van der Waals surface area (Å²) >= 11 is 0. The molecule has 1 aliphatic rings. The standard InChI is InChI=1S/C16H30N2O2/c1-10(2)8-9-12(5)18-13(11(3)4)14(19)17-16(6,7)15(18)20/h10-13H,8-9H2,1-7H3,(H,17,19). The van der Waals surface area contributed by atoms with Gasteiger partial charge in [-0.05, 0) is 45.4 Å². The molecule has 0 aromatic carbocycles. The molecule has 116 valence electrons. The van der Waals surface area contributed by atoms with Crippen LogP contribution in [-0.4, -0.2) is 34.3 Å². The summed E-state index contributed by atoms with van der Waals surface area (Å²) in [4.78, 5) is 26.9. The molecule has 0 saturated carbocycles. The van der Waals surface area contributed by atoms with Crippen LogP contribution in [0.2, 0.25) is 0 Å². The predicted molar refractivity (Wildman–Crippen MR) is 81.2 cm³/mol. The maximum absolute atomic E-state index is 12.7. The lowest BCUT2D eigenvalue weighted by Crippen LogP contribution is -2.70. The van der Waals surface area contributed by atoms with Crippen molar-refractivity contribution in [1.29, 1.82) is 0 Å². The third kappa shape index (κ3) is 3.53. The maximum atomic E-state index is 12.7. The van der Waals surface area contributed by atoms with Gasteiger partial charge in [-0.15, -0.1) is 0 Å². The van der Waals surface area contributed by atoms with Crippen LogP contribution in [0.3, 0.4) is 0 Å². The molecular formula is C16H30N2O2.